The summed E-state index contributed by atoms with van der Waals surface area (Å²) in [5.74, 6) is 0.380. The van der Waals surface area contributed by atoms with Crippen molar-refractivity contribution >= 4 is 17.4 Å². The third-order valence-corrected chi connectivity index (χ3v) is 4.89. The van der Waals surface area contributed by atoms with Crippen molar-refractivity contribution in [3.05, 3.63) is 36.2 Å². The highest BCUT2D eigenvalue weighted by Crippen LogP contribution is 2.36. The molecule has 2 aliphatic heterocycles. The number of fused-ring (bicyclic) bond motifs is 1. The van der Waals surface area contributed by atoms with E-state index in [4.69, 9.17) is 5.73 Å². The van der Waals surface area contributed by atoms with Gasteiger partial charge in [0.2, 0.25) is 5.91 Å². The molecule has 4 rings (SSSR count). The Morgan fingerprint density at radius 2 is 2.20 bits per heavy atom. The van der Waals surface area contributed by atoms with Gasteiger partial charge in [-0.05, 0) is 30.9 Å². The lowest BCUT2D eigenvalue weighted by Gasteiger charge is -2.24. The predicted octanol–water partition coefficient (Wildman–Crippen LogP) is 1.56. The minimum absolute atomic E-state index is 0.00797. The van der Waals surface area contributed by atoms with E-state index in [9.17, 15) is 10.1 Å². The molecule has 1 atom stereocenters. The second-order valence-corrected chi connectivity index (χ2v) is 6.32. The zero-order valence-electron chi connectivity index (χ0n) is 13.7. The fraction of sp³-hybridized carbons (Fsp3) is 0.333. The molecule has 1 aromatic carbocycles. The van der Waals surface area contributed by atoms with Gasteiger partial charge >= 0.3 is 0 Å². The summed E-state index contributed by atoms with van der Waals surface area (Å²) < 4.78 is 0. The van der Waals surface area contributed by atoms with E-state index >= 15 is 0 Å². The van der Waals surface area contributed by atoms with E-state index in [0.717, 1.165) is 36.1 Å². The van der Waals surface area contributed by atoms with Crippen LogP contribution in [0, 0.1) is 11.5 Å². The van der Waals surface area contributed by atoms with E-state index in [-0.39, 0.29) is 11.9 Å². The van der Waals surface area contributed by atoms with Crippen LogP contribution in [0.2, 0.25) is 0 Å². The molecule has 1 fully saturated rings. The zero-order chi connectivity index (χ0) is 17.4. The fourth-order valence-corrected chi connectivity index (χ4v) is 3.74. The molecule has 1 saturated heterocycles. The third-order valence-electron chi connectivity index (χ3n) is 4.89. The van der Waals surface area contributed by atoms with Crippen molar-refractivity contribution in [2.24, 2.45) is 0 Å². The van der Waals surface area contributed by atoms with Crippen molar-refractivity contribution in [1.29, 1.82) is 5.26 Å². The number of hydrogen-bond donors (Lipinski definition) is 1. The molecule has 3 heterocycles. The molecule has 7 heteroatoms. The van der Waals surface area contributed by atoms with Gasteiger partial charge in [-0.3, -0.25) is 14.7 Å². The van der Waals surface area contributed by atoms with E-state index < -0.39 is 0 Å². The molecule has 2 aromatic rings. The van der Waals surface area contributed by atoms with Gasteiger partial charge in [-0.15, -0.1) is 0 Å². The highest BCUT2D eigenvalue weighted by molar-refractivity contribution is 6.00. The van der Waals surface area contributed by atoms with E-state index in [1.807, 2.05) is 18.2 Å². The number of carbonyl (C=O) groups is 1. The lowest BCUT2D eigenvalue weighted by atomic mass is 10.0. The lowest BCUT2D eigenvalue weighted by molar-refractivity contribution is -0.121. The van der Waals surface area contributed by atoms with Gasteiger partial charge in [0, 0.05) is 24.3 Å². The van der Waals surface area contributed by atoms with E-state index in [1.165, 1.54) is 6.20 Å². The number of nitrogen functional groups attached to an aromatic ring is 1. The van der Waals surface area contributed by atoms with Crippen LogP contribution in [0.15, 0.2) is 30.6 Å². The number of rotatable bonds is 2. The quantitative estimate of drug-likeness (QED) is 0.837. The van der Waals surface area contributed by atoms with Crippen molar-refractivity contribution in [3.63, 3.8) is 0 Å². The summed E-state index contributed by atoms with van der Waals surface area (Å²) in [5.41, 5.74) is 9.40. The fourth-order valence-electron chi connectivity index (χ4n) is 3.74. The van der Waals surface area contributed by atoms with Gasteiger partial charge in [0.05, 0.1) is 18.1 Å². The zero-order valence-corrected chi connectivity index (χ0v) is 13.7. The van der Waals surface area contributed by atoms with Gasteiger partial charge in [0.25, 0.3) is 0 Å². The highest BCUT2D eigenvalue weighted by atomic mass is 16.2. The number of nitrogens with zero attached hydrogens (tertiary/aromatic N) is 5. The third kappa shape index (κ3) is 2.56. The van der Waals surface area contributed by atoms with Gasteiger partial charge < -0.3 is 10.6 Å². The number of nitrogens with two attached hydrogens (primary N) is 1. The Morgan fingerprint density at radius 3 is 3.00 bits per heavy atom. The summed E-state index contributed by atoms with van der Waals surface area (Å²) in [5, 5.41) is 9.22. The maximum absolute atomic E-state index is 13.0. The molecule has 1 amide bonds. The highest BCUT2D eigenvalue weighted by Gasteiger charge is 2.36. The minimum atomic E-state index is -0.341. The van der Waals surface area contributed by atoms with Crippen molar-refractivity contribution in [3.8, 4) is 17.5 Å². The van der Waals surface area contributed by atoms with Crippen molar-refractivity contribution in [2.75, 3.05) is 23.7 Å². The van der Waals surface area contributed by atoms with E-state index in [1.54, 1.807) is 16.0 Å². The van der Waals surface area contributed by atoms with Gasteiger partial charge in [0.15, 0.2) is 6.19 Å². The number of carbonyl (C=O) groups excluding carboxylic acids is 1. The maximum atomic E-state index is 13.0. The standard InChI is InChI=1S/C18H18N6O/c19-11-23-7-2-5-16(23)18(25)24-8-6-13-12(3-1-4-15(13)24)14-9-21-10-17(20)22-14/h1,3-4,9-10,16H,2,5-8H2,(H2,20,22)/t16-/m0/s1. The SMILES string of the molecule is N#CN1CCC[C@H]1C(=O)N1CCc2c(-c3cncc(N)n3)cccc21. The van der Waals surface area contributed by atoms with Crippen LogP contribution in [-0.2, 0) is 11.2 Å². The Morgan fingerprint density at radius 1 is 1.32 bits per heavy atom. The first-order chi connectivity index (χ1) is 12.2. The molecule has 0 aliphatic carbocycles. The van der Waals surface area contributed by atoms with Crippen LogP contribution in [0.4, 0.5) is 11.5 Å². The summed E-state index contributed by atoms with van der Waals surface area (Å²) in [7, 11) is 0. The largest absolute Gasteiger partial charge is 0.382 e. The first-order valence-electron chi connectivity index (χ1n) is 8.36. The first kappa shape index (κ1) is 15.4. The summed E-state index contributed by atoms with van der Waals surface area (Å²) in [4.78, 5) is 24.8. The average Bonchev–Trinajstić information content (AvgIpc) is 3.27. The van der Waals surface area contributed by atoms with Crippen molar-refractivity contribution < 1.29 is 4.79 Å². The number of aromatic nitrogens is 2. The molecular weight excluding hydrogens is 316 g/mol. The van der Waals surface area contributed by atoms with Crippen LogP contribution < -0.4 is 10.6 Å². The van der Waals surface area contributed by atoms with Gasteiger partial charge in [-0.2, -0.15) is 5.26 Å². The lowest BCUT2D eigenvalue weighted by Crippen LogP contribution is -2.43. The number of anilines is 2. The molecule has 25 heavy (non-hydrogen) atoms. The van der Waals surface area contributed by atoms with Gasteiger partial charge in [-0.25, -0.2) is 4.98 Å². The normalized spacial score (nSPS) is 18.9. The Kier molecular flexibility index (Phi) is 3.73. The average molecular weight is 334 g/mol. The Bertz CT molecular complexity index is 874. The molecule has 1 aromatic heterocycles. The molecular formula is C18H18N6O. The molecule has 7 nitrogen and oxygen atoms in total. The first-order valence-corrected chi connectivity index (χ1v) is 8.36. The van der Waals surface area contributed by atoms with Crippen LogP contribution in [0.5, 0.6) is 0 Å². The number of nitriles is 1. The van der Waals surface area contributed by atoms with Crippen LogP contribution in [0.25, 0.3) is 11.3 Å². The van der Waals surface area contributed by atoms with Gasteiger partial charge in [0.1, 0.15) is 11.9 Å². The predicted molar refractivity (Wildman–Crippen MR) is 93.3 cm³/mol. The number of hydrogen-bond acceptors (Lipinski definition) is 6. The molecule has 0 spiro atoms. The minimum Gasteiger partial charge on any atom is -0.382 e. The molecule has 0 saturated carbocycles. The van der Waals surface area contributed by atoms with Crippen LogP contribution in [0.1, 0.15) is 18.4 Å². The van der Waals surface area contributed by atoms with Crippen LogP contribution >= 0.6 is 0 Å². The smallest absolute Gasteiger partial charge is 0.250 e. The Balaban J connectivity index is 1.69. The second-order valence-electron chi connectivity index (χ2n) is 6.32. The molecule has 2 N–H and O–H groups in total. The number of benzene rings is 1. The van der Waals surface area contributed by atoms with Gasteiger partial charge in [-0.1, -0.05) is 12.1 Å². The molecule has 126 valence electrons. The van der Waals surface area contributed by atoms with Crippen LogP contribution in [0.3, 0.4) is 0 Å². The number of amides is 1. The topological polar surface area (TPSA) is 99.1 Å². The monoisotopic (exact) mass is 334 g/mol. The summed E-state index contributed by atoms with van der Waals surface area (Å²) in [6, 6.07) is 5.51. The van der Waals surface area contributed by atoms with Crippen LogP contribution in [-0.4, -0.2) is 39.9 Å². The molecule has 2 aliphatic rings. The van der Waals surface area contributed by atoms with E-state index in [2.05, 4.69) is 16.2 Å². The molecule has 0 radical (unpaired) electrons. The molecule has 0 bridgehead atoms. The van der Waals surface area contributed by atoms with Crippen molar-refractivity contribution in [1.82, 2.24) is 14.9 Å². The summed E-state index contributed by atoms with van der Waals surface area (Å²) >= 11 is 0. The Hall–Kier alpha value is -3.14. The second kappa shape index (κ2) is 6.06. The maximum Gasteiger partial charge on any atom is 0.250 e. The van der Waals surface area contributed by atoms with Crippen molar-refractivity contribution in [2.45, 2.75) is 25.3 Å². The number of likely N-dealkylation sites (tertiary alicyclic amines) is 1. The summed E-state index contributed by atoms with van der Waals surface area (Å²) in [6.45, 7) is 1.28. The van der Waals surface area contributed by atoms with E-state index in [0.29, 0.717) is 24.6 Å². The Labute approximate surface area is 145 Å². The molecule has 0 unspecified atom stereocenters. The summed E-state index contributed by atoms with van der Waals surface area (Å²) in [6.07, 6.45) is 7.71.